The van der Waals surface area contributed by atoms with Crippen LogP contribution in [0.4, 0.5) is 5.69 Å². The van der Waals surface area contributed by atoms with Gasteiger partial charge in [0.1, 0.15) is 0 Å². The van der Waals surface area contributed by atoms with Gasteiger partial charge in [-0.15, -0.1) is 0 Å². The molecule has 5 nitrogen and oxygen atoms in total. The van der Waals surface area contributed by atoms with Crippen molar-refractivity contribution in [3.05, 3.63) is 29.3 Å². The van der Waals surface area contributed by atoms with Crippen LogP contribution in [0, 0.1) is 5.92 Å². The molecule has 5 heteroatoms. The lowest BCUT2D eigenvalue weighted by atomic mass is 10.0. The maximum atomic E-state index is 12.2. The molecule has 1 atom stereocenters. The largest absolute Gasteiger partial charge is 0.344 e. The van der Waals surface area contributed by atoms with Crippen molar-refractivity contribution < 1.29 is 9.59 Å². The van der Waals surface area contributed by atoms with Crippen molar-refractivity contribution >= 4 is 17.5 Å². The molecule has 0 radical (unpaired) electrons. The minimum absolute atomic E-state index is 0.0294. The Balaban J connectivity index is 1.94. The predicted octanol–water partition coefficient (Wildman–Crippen LogP) is 2.21. The van der Waals surface area contributed by atoms with Crippen LogP contribution in [0.2, 0.25) is 0 Å². The van der Waals surface area contributed by atoms with Crippen LogP contribution >= 0.6 is 0 Å². The van der Waals surface area contributed by atoms with Gasteiger partial charge in [0.15, 0.2) is 0 Å². The van der Waals surface area contributed by atoms with E-state index < -0.39 is 11.8 Å². The van der Waals surface area contributed by atoms with Gasteiger partial charge in [-0.1, -0.05) is 19.9 Å². The van der Waals surface area contributed by atoms with E-state index in [1.807, 2.05) is 37.2 Å². The van der Waals surface area contributed by atoms with Crippen LogP contribution in [-0.4, -0.2) is 43.4 Å². The number of carbonyl (C=O) groups excluding carboxylic acids is 2. The van der Waals surface area contributed by atoms with E-state index in [1.54, 1.807) is 0 Å². The third-order valence-corrected chi connectivity index (χ3v) is 4.24. The molecule has 1 aliphatic rings. The Morgan fingerprint density at radius 2 is 1.83 bits per heavy atom. The number of benzene rings is 1. The molecule has 2 N–H and O–H groups in total. The molecule has 1 aromatic carbocycles. The molecule has 0 heterocycles. The number of amides is 2. The maximum absolute atomic E-state index is 12.2. The Kier molecular flexibility index (Phi) is 6.37. The minimum atomic E-state index is -0.597. The first-order valence-electron chi connectivity index (χ1n) is 8.73. The van der Waals surface area contributed by atoms with Crippen LogP contribution in [0.25, 0.3) is 0 Å². The van der Waals surface area contributed by atoms with E-state index in [0.29, 0.717) is 11.6 Å². The van der Waals surface area contributed by atoms with Crippen LogP contribution in [0.5, 0.6) is 0 Å². The summed E-state index contributed by atoms with van der Waals surface area (Å²) in [6.07, 6.45) is 4.15. The summed E-state index contributed by atoms with van der Waals surface area (Å²) in [4.78, 5) is 26.4. The van der Waals surface area contributed by atoms with Gasteiger partial charge in [-0.05, 0) is 69.0 Å². The molecule has 1 aromatic rings. The smallest absolute Gasteiger partial charge is 0.313 e. The molecular formula is C19H29N3O2. The first-order chi connectivity index (χ1) is 11.3. The average molecular weight is 331 g/mol. The van der Waals surface area contributed by atoms with Gasteiger partial charge in [0.05, 0.1) is 0 Å². The highest BCUT2D eigenvalue weighted by Crippen LogP contribution is 2.24. The monoisotopic (exact) mass is 331 g/mol. The Morgan fingerprint density at radius 1 is 1.12 bits per heavy atom. The van der Waals surface area contributed by atoms with Crippen LogP contribution in [0.3, 0.4) is 0 Å². The zero-order valence-electron chi connectivity index (χ0n) is 15.2. The molecule has 0 aliphatic heterocycles. The zero-order chi connectivity index (χ0) is 17.7. The van der Waals surface area contributed by atoms with E-state index in [9.17, 15) is 9.59 Å². The zero-order valence-corrected chi connectivity index (χ0v) is 15.2. The number of aryl methyl sites for hydroxylation is 2. The Hall–Kier alpha value is -1.88. The molecule has 2 rings (SSSR count). The minimum Gasteiger partial charge on any atom is -0.344 e. The number of likely N-dealkylation sites (N-methyl/N-ethyl adjacent to an activating group) is 1. The molecule has 0 fully saturated rings. The average Bonchev–Trinajstić information content (AvgIpc) is 2.93. The Bertz CT molecular complexity index is 586. The number of hydrogen-bond donors (Lipinski definition) is 2. The van der Waals surface area contributed by atoms with Crippen LogP contribution < -0.4 is 10.6 Å². The lowest BCUT2D eigenvalue weighted by Gasteiger charge is -2.23. The SMILES string of the molecule is CC(C)C[C@H](CN(C)C)NC(=O)C(=O)Nc1ccc2c(c1)CCC2. The second kappa shape index (κ2) is 8.29. The maximum Gasteiger partial charge on any atom is 0.313 e. The van der Waals surface area contributed by atoms with E-state index in [-0.39, 0.29) is 6.04 Å². The summed E-state index contributed by atoms with van der Waals surface area (Å²) in [6, 6.07) is 5.88. The Labute approximate surface area is 144 Å². The highest BCUT2D eigenvalue weighted by molar-refractivity contribution is 6.39. The third kappa shape index (κ3) is 5.34. The van der Waals surface area contributed by atoms with E-state index >= 15 is 0 Å². The van der Waals surface area contributed by atoms with E-state index in [4.69, 9.17) is 0 Å². The molecule has 132 valence electrons. The number of carbonyl (C=O) groups is 2. The molecule has 0 bridgehead atoms. The summed E-state index contributed by atoms with van der Waals surface area (Å²) < 4.78 is 0. The molecule has 0 saturated carbocycles. The number of hydrogen-bond acceptors (Lipinski definition) is 3. The highest BCUT2D eigenvalue weighted by Gasteiger charge is 2.21. The van der Waals surface area contributed by atoms with Gasteiger partial charge in [0.25, 0.3) is 0 Å². The number of nitrogens with one attached hydrogen (secondary N) is 2. The van der Waals surface area contributed by atoms with E-state index in [2.05, 4.69) is 24.5 Å². The fourth-order valence-corrected chi connectivity index (χ4v) is 3.28. The lowest BCUT2D eigenvalue weighted by Crippen LogP contribution is -2.46. The number of nitrogens with zero attached hydrogens (tertiary/aromatic N) is 1. The molecule has 0 spiro atoms. The summed E-state index contributed by atoms with van der Waals surface area (Å²) in [6.45, 7) is 4.94. The lowest BCUT2D eigenvalue weighted by molar-refractivity contribution is -0.136. The van der Waals surface area contributed by atoms with Gasteiger partial charge in [-0.2, -0.15) is 0 Å². The predicted molar refractivity (Wildman–Crippen MR) is 97.0 cm³/mol. The molecular weight excluding hydrogens is 302 g/mol. The van der Waals surface area contributed by atoms with Gasteiger partial charge < -0.3 is 15.5 Å². The van der Waals surface area contributed by atoms with Gasteiger partial charge in [0, 0.05) is 18.3 Å². The third-order valence-electron chi connectivity index (χ3n) is 4.24. The van der Waals surface area contributed by atoms with Crippen molar-refractivity contribution in [2.75, 3.05) is 26.0 Å². The summed E-state index contributed by atoms with van der Waals surface area (Å²) in [7, 11) is 3.92. The topological polar surface area (TPSA) is 61.4 Å². The van der Waals surface area contributed by atoms with Crippen molar-refractivity contribution in [1.82, 2.24) is 10.2 Å². The molecule has 0 aromatic heterocycles. The molecule has 1 aliphatic carbocycles. The molecule has 24 heavy (non-hydrogen) atoms. The highest BCUT2D eigenvalue weighted by atomic mass is 16.2. The van der Waals surface area contributed by atoms with Crippen LogP contribution in [-0.2, 0) is 22.4 Å². The number of anilines is 1. The fourth-order valence-electron chi connectivity index (χ4n) is 3.28. The van der Waals surface area contributed by atoms with Crippen LogP contribution in [0.15, 0.2) is 18.2 Å². The fraction of sp³-hybridized carbons (Fsp3) is 0.579. The van der Waals surface area contributed by atoms with Crippen molar-refractivity contribution in [1.29, 1.82) is 0 Å². The van der Waals surface area contributed by atoms with Crippen molar-refractivity contribution in [2.24, 2.45) is 5.92 Å². The first-order valence-corrected chi connectivity index (χ1v) is 8.73. The van der Waals surface area contributed by atoms with Crippen LogP contribution in [0.1, 0.15) is 37.8 Å². The first kappa shape index (κ1) is 18.5. The number of fused-ring (bicyclic) bond motifs is 1. The van der Waals surface area contributed by atoms with Gasteiger partial charge >= 0.3 is 11.8 Å². The van der Waals surface area contributed by atoms with Crippen molar-refractivity contribution in [3.63, 3.8) is 0 Å². The van der Waals surface area contributed by atoms with E-state index in [1.165, 1.54) is 11.1 Å². The summed E-state index contributed by atoms with van der Waals surface area (Å²) in [5.41, 5.74) is 3.32. The summed E-state index contributed by atoms with van der Waals surface area (Å²) >= 11 is 0. The van der Waals surface area contributed by atoms with Gasteiger partial charge in [-0.3, -0.25) is 9.59 Å². The van der Waals surface area contributed by atoms with Crippen molar-refractivity contribution in [3.8, 4) is 0 Å². The summed E-state index contributed by atoms with van der Waals surface area (Å²) in [5.74, 6) is -0.710. The second-order valence-corrected chi connectivity index (χ2v) is 7.35. The standard InChI is InChI=1S/C19H29N3O2/c1-13(2)10-17(12-22(3)4)21-19(24)18(23)20-16-9-8-14-6-5-7-15(14)11-16/h8-9,11,13,17H,5-7,10,12H2,1-4H3,(H,20,23)(H,21,24)/t17-/m1/s1. The van der Waals surface area contributed by atoms with E-state index in [0.717, 1.165) is 32.2 Å². The molecule has 2 amide bonds. The molecule has 0 saturated heterocycles. The van der Waals surface area contributed by atoms with Gasteiger partial charge in [-0.25, -0.2) is 0 Å². The molecule has 0 unspecified atom stereocenters. The Morgan fingerprint density at radius 3 is 2.50 bits per heavy atom. The normalized spacial score (nSPS) is 14.6. The van der Waals surface area contributed by atoms with Crippen molar-refractivity contribution in [2.45, 2.75) is 45.6 Å². The number of rotatable bonds is 6. The van der Waals surface area contributed by atoms with Gasteiger partial charge in [0.2, 0.25) is 0 Å². The summed E-state index contributed by atoms with van der Waals surface area (Å²) in [5, 5.41) is 5.58. The second-order valence-electron chi connectivity index (χ2n) is 7.35. The quantitative estimate of drug-likeness (QED) is 0.786.